The summed E-state index contributed by atoms with van der Waals surface area (Å²) in [5.41, 5.74) is -0.330. The summed E-state index contributed by atoms with van der Waals surface area (Å²) in [5.74, 6) is 0.469. The van der Waals surface area contributed by atoms with Crippen LogP contribution in [0.5, 0.6) is 5.75 Å². The van der Waals surface area contributed by atoms with Gasteiger partial charge in [0.05, 0.1) is 12.3 Å². The molecule has 106 valence electrons. The number of nitrogens with zero attached hydrogens (tertiary/aromatic N) is 1. The number of benzene rings is 1. The summed E-state index contributed by atoms with van der Waals surface area (Å²) >= 11 is 4.76. The van der Waals surface area contributed by atoms with Crippen LogP contribution in [0.3, 0.4) is 0 Å². The molecule has 0 aliphatic heterocycles. The molecule has 2 rings (SSSR count). The lowest BCUT2D eigenvalue weighted by Crippen LogP contribution is -2.09. The third-order valence-electron chi connectivity index (χ3n) is 2.51. The highest BCUT2D eigenvalue weighted by molar-refractivity contribution is 7.71. The van der Waals surface area contributed by atoms with Crippen molar-refractivity contribution in [2.75, 3.05) is 6.61 Å². The number of ether oxygens (including phenoxy) is 1. The average molecular weight is 300 g/mol. The van der Waals surface area contributed by atoms with E-state index in [-0.39, 0.29) is 10.5 Å². The van der Waals surface area contributed by atoms with Crippen molar-refractivity contribution in [2.45, 2.75) is 13.1 Å². The van der Waals surface area contributed by atoms with E-state index in [0.717, 1.165) is 6.07 Å². The molecule has 0 fully saturated rings. The van der Waals surface area contributed by atoms with E-state index >= 15 is 0 Å². The predicted molar refractivity (Wildman–Crippen MR) is 71.0 cm³/mol. The van der Waals surface area contributed by atoms with Crippen molar-refractivity contribution in [3.8, 4) is 17.0 Å². The third kappa shape index (κ3) is 3.16. The van der Waals surface area contributed by atoms with Gasteiger partial charge < -0.3 is 9.72 Å². The molecular weight excluding hydrogens is 289 g/mol. The van der Waals surface area contributed by atoms with Crippen LogP contribution >= 0.6 is 12.2 Å². The van der Waals surface area contributed by atoms with Crippen LogP contribution in [0.2, 0.25) is 0 Å². The normalized spacial score (nSPS) is 11.4. The Morgan fingerprint density at radius 2 is 2.00 bits per heavy atom. The molecule has 0 amide bonds. The van der Waals surface area contributed by atoms with Gasteiger partial charge in [-0.25, -0.2) is 4.98 Å². The average Bonchev–Trinajstić information content (AvgIpc) is 2.38. The largest absolute Gasteiger partial charge is 0.493 e. The van der Waals surface area contributed by atoms with Crippen LogP contribution in [0.25, 0.3) is 11.3 Å². The lowest BCUT2D eigenvalue weighted by Gasteiger charge is -2.11. The second kappa shape index (κ2) is 5.62. The fourth-order valence-electron chi connectivity index (χ4n) is 1.71. The van der Waals surface area contributed by atoms with Crippen LogP contribution in [0.1, 0.15) is 12.6 Å². The van der Waals surface area contributed by atoms with Gasteiger partial charge in [0.2, 0.25) is 0 Å². The lowest BCUT2D eigenvalue weighted by atomic mass is 10.1. The Balaban J connectivity index is 2.59. The molecule has 0 saturated carbocycles. The van der Waals surface area contributed by atoms with Crippen molar-refractivity contribution in [3.63, 3.8) is 0 Å². The second-order valence-corrected chi connectivity index (χ2v) is 4.30. The van der Waals surface area contributed by atoms with E-state index < -0.39 is 11.9 Å². The van der Waals surface area contributed by atoms with Gasteiger partial charge in [-0.3, -0.25) is 0 Å². The van der Waals surface area contributed by atoms with Crippen molar-refractivity contribution in [1.82, 2.24) is 9.97 Å². The molecule has 2 aromatic rings. The van der Waals surface area contributed by atoms with Crippen LogP contribution in [0.15, 0.2) is 30.3 Å². The molecular formula is C13H11F3N2OS. The molecule has 0 unspecified atom stereocenters. The van der Waals surface area contributed by atoms with Gasteiger partial charge >= 0.3 is 6.18 Å². The number of nitrogens with one attached hydrogen (secondary N) is 1. The zero-order valence-electron chi connectivity index (χ0n) is 10.5. The van der Waals surface area contributed by atoms with Crippen LogP contribution in [-0.2, 0) is 6.18 Å². The van der Waals surface area contributed by atoms with E-state index in [2.05, 4.69) is 4.98 Å². The van der Waals surface area contributed by atoms with E-state index in [9.17, 15) is 13.2 Å². The Labute approximate surface area is 118 Å². The number of aromatic nitrogens is 2. The Morgan fingerprint density at radius 3 is 2.65 bits per heavy atom. The van der Waals surface area contributed by atoms with Crippen molar-refractivity contribution in [2.24, 2.45) is 0 Å². The summed E-state index contributed by atoms with van der Waals surface area (Å²) in [7, 11) is 0. The highest BCUT2D eigenvalue weighted by atomic mass is 32.1. The van der Waals surface area contributed by atoms with E-state index in [1.807, 2.05) is 4.98 Å². The molecule has 0 spiro atoms. The monoisotopic (exact) mass is 300 g/mol. The summed E-state index contributed by atoms with van der Waals surface area (Å²) in [6.45, 7) is 2.20. The highest BCUT2D eigenvalue weighted by Gasteiger charge is 2.32. The topological polar surface area (TPSA) is 37.9 Å². The number of H-pyrrole nitrogens is 1. The molecule has 0 aliphatic rings. The summed E-state index contributed by atoms with van der Waals surface area (Å²) in [5, 5.41) is 0. The van der Waals surface area contributed by atoms with Crippen molar-refractivity contribution in [1.29, 1.82) is 0 Å². The van der Waals surface area contributed by atoms with Gasteiger partial charge in [-0.15, -0.1) is 0 Å². The van der Waals surface area contributed by atoms with Gasteiger partial charge in [0.25, 0.3) is 0 Å². The standard InChI is InChI=1S/C13H11F3N2OS/c1-2-19-10-6-4-3-5-8(10)9-7-11(13(14,15)16)18-12(20)17-9/h3-7H,2H2,1H3,(H,17,18,20). The molecule has 1 heterocycles. The minimum Gasteiger partial charge on any atom is -0.493 e. The number of alkyl halides is 3. The number of rotatable bonds is 3. The maximum Gasteiger partial charge on any atom is 0.431 e. The fourth-order valence-corrected chi connectivity index (χ4v) is 1.92. The van der Waals surface area contributed by atoms with Crippen molar-refractivity contribution in [3.05, 3.63) is 40.8 Å². The number of hydrogen-bond acceptors (Lipinski definition) is 3. The SMILES string of the molecule is CCOc1ccccc1-c1cc(C(F)(F)F)[nH]c(=S)n1. The molecule has 0 atom stereocenters. The first kappa shape index (κ1) is 14.5. The zero-order chi connectivity index (χ0) is 14.8. The first-order valence-electron chi connectivity index (χ1n) is 5.82. The van der Waals surface area contributed by atoms with E-state index in [1.54, 1.807) is 31.2 Å². The minimum atomic E-state index is -4.51. The molecule has 20 heavy (non-hydrogen) atoms. The highest BCUT2D eigenvalue weighted by Crippen LogP contribution is 2.33. The van der Waals surface area contributed by atoms with Crippen LogP contribution in [0, 0.1) is 4.77 Å². The van der Waals surface area contributed by atoms with Crippen LogP contribution in [-0.4, -0.2) is 16.6 Å². The number of hydrogen-bond donors (Lipinski definition) is 1. The first-order valence-corrected chi connectivity index (χ1v) is 6.23. The Hall–Kier alpha value is -1.89. The van der Waals surface area contributed by atoms with Gasteiger partial charge in [-0.1, -0.05) is 12.1 Å². The number of halogens is 3. The maximum atomic E-state index is 12.8. The molecule has 3 nitrogen and oxygen atoms in total. The third-order valence-corrected chi connectivity index (χ3v) is 2.71. The fraction of sp³-hybridized carbons (Fsp3) is 0.231. The molecule has 0 aliphatic carbocycles. The van der Waals surface area contributed by atoms with Crippen LogP contribution < -0.4 is 4.74 Å². The lowest BCUT2D eigenvalue weighted by molar-refractivity contribution is -0.141. The van der Waals surface area contributed by atoms with E-state index in [0.29, 0.717) is 17.9 Å². The predicted octanol–water partition coefficient (Wildman–Crippen LogP) is 4.22. The summed E-state index contributed by atoms with van der Waals surface area (Å²) in [4.78, 5) is 5.99. The Morgan fingerprint density at radius 1 is 1.30 bits per heavy atom. The van der Waals surface area contributed by atoms with Crippen molar-refractivity contribution < 1.29 is 17.9 Å². The van der Waals surface area contributed by atoms with Gasteiger partial charge in [0, 0.05) is 5.56 Å². The Bertz CT molecular complexity index is 667. The first-order chi connectivity index (χ1) is 9.41. The smallest absolute Gasteiger partial charge is 0.431 e. The quantitative estimate of drug-likeness (QED) is 0.862. The second-order valence-electron chi connectivity index (χ2n) is 3.91. The molecule has 1 aromatic carbocycles. The van der Waals surface area contributed by atoms with E-state index in [1.165, 1.54) is 0 Å². The van der Waals surface area contributed by atoms with Gasteiger partial charge in [0.15, 0.2) is 4.77 Å². The zero-order valence-corrected chi connectivity index (χ0v) is 11.3. The molecule has 0 saturated heterocycles. The summed E-state index contributed by atoms with van der Waals surface area (Å²) < 4.78 is 43.5. The van der Waals surface area contributed by atoms with Gasteiger partial charge in [0.1, 0.15) is 11.4 Å². The number of aromatic amines is 1. The molecule has 0 bridgehead atoms. The molecule has 1 aromatic heterocycles. The summed E-state index contributed by atoms with van der Waals surface area (Å²) in [6.07, 6.45) is -4.51. The molecule has 1 N–H and O–H groups in total. The molecule has 7 heteroatoms. The van der Waals surface area contributed by atoms with Crippen molar-refractivity contribution >= 4 is 12.2 Å². The molecule has 0 radical (unpaired) electrons. The minimum absolute atomic E-state index is 0.130. The number of para-hydroxylation sites is 1. The maximum absolute atomic E-state index is 12.8. The van der Waals surface area contributed by atoms with Gasteiger partial charge in [-0.05, 0) is 37.3 Å². The van der Waals surface area contributed by atoms with Crippen LogP contribution in [0.4, 0.5) is 13.2 Å². The Kier molecular flexibility index (Phi) is 4.08. The van der Waals surface area contributed by atoms with Gasteiger partial charge in [-0.2, -0.15) is 13.2 Å². The van der Waals surface area contributed by atoms with E-state index in [4.69, 9.17) is 17.0 Å². The summed E-state index contributed by atoms with van der Waals surface area (Å²) in [6, 6.07) is 7.68.